The van der Waals surface area contributed by atoms with Crippen LogP contribution in [0.4, 0.5) is 21.8 Å². The summed E-state index contributed by atoms with van der Waals surface area (Å²) in [5, 5.41) is 18.0. The number of likely N-dealkylation sites (tertiary alicyclic amines) is 1. The van der Waals surface area contributed by atoms with Gasteiger partial charge in [-0.1, -0.05) is 0 Å². The maximum atomic E-state index is 14.5. The van der Waals surface area contributed by atoms with E-state index >= 15 is 0 Å². The van der Waals surface area contributed by atoms with Crippen LogP contribution in [-0.4, -0.2) is 59.2 Å². The number of piperidine rings is 1. The molecule has 2 N–H and O–H groups in total. The molecule has 2 aromatic heterocycles. The summed E-state index contributed by atoms with van der Waals surface area (Å²) in [5.74, 6) is 0.773. The number of hydrogen-bond acceptors (Lipinski definition) is 8. The van der Waals surface area contributed by atoms with Crippen molar-refractivity contribution in [3.63, 3.8) is 0 Å². The molecular weight excluding hydrogens is 409 g/mol. The third kappa shape index (κ3) is 4.40. The number of aromatic nitrogens is 6. The molecule has 0 bridgehead atoms. The molecule has 0 unspecified atom stereocenters. The summed E-state index contributed by atoms with van der Waals surface area (Å²) in [5.41, 5.74) is 1.60. The summed E-state index contributed by atoms with van der Waals surface area (Å²) in [6.07, 6.45) is 2.97. The minimum atomic E-state index is -0.463. The highest BCUT2D eigenvalue weighted by atomic mass is 19.1. The van der Waals surface area contributed by atoms with Crippen molar-refractivity contribution in [3.8, 4) is 5.69 Å². The number of nitrogens with one attached hydrogen (secondary N) is 2. The van der Waals surface area contributed by atoms with Crippen LogP contribution in [0.1, 0.15) is 46.4 Å². The van der Waals surface area contributed by atoms with Gasteiger partial charge in [0.05, 0.1) is 11.9 Å². The van der Waals surface area contributed by atoms with E-state index in [0.717, 1.165) is 24.2 Å². The molecule has 4 rings (SSSR count). The third-order valence-electron chi connectivity index (χ3n) is 6.39. The Morgan fingerprint density at radius 1 is 1.06 bits per heavy atom. The van der Waals surface area contributed by atoms with Gasteiger partial charge in [-0.05, 0) is 89.2 Å². The Bertz CT molecular complexity index is 1070. The standard InChI is InChI=1S/C22H30FN9/c1-14-28-29-30-32(14)17-9-7-15(8-10-17)26-20-24-13-18(23)19(27-20)25-16-11-21(2,3)31(6)22(4,5)12-16/h7-10,13,16H,11-12H2,1-6H3,(H2,24,25,26,27). The van der Waals surface area contributed by atoms with E-state index in [2.05, 4.69) is 75.8 Å². The van der Waals surface area contributed by atoms with Gasteiger partial charge >= 0.3 is 0 Å². The van der Waals surface area contributed by atoms with Crippen molar-refractivity contribution in [1.82, 2.24) is 35.1 Å². The Morgan fingerprint density at radius 3 is 2.31 bits per heavy atom. The molecule has 0 aliphatic carbocycles. The van der Waals surface area contributed by atoms with E-state index in [1.54, 1.807) is 4.68 Å². The molecule has 1 saturated heterocycles. The first-order chi connectivity index (χ1) is 15.0. The summed E-state index contributed by atoms with van der Waals surface area (Å²) in [4.78, 5) is 10.9. The van der Waals surface area contributed by atoms with E-state index in [9.17, 15) is 4.39 Å². The van der Waals surface area contributed by atoms with Crippen LogP contribution in [0.15, 0.2) is 30.5 Å². The molecule has 1 aliphatic heterocycles. The molecule has 0 radical (unpaired) electrons. The number of hydrogen-bond donors (Lipinski definition) is 2. The molecule has 0 spiro atoms. The zero-order valence-corrected chi connectivity index (χ0v) is 19.4. The number of tetrazole rings is 1. The van der Waals surface area contributed by atoms with Crippen LogP contribution in [0.25, 0.3) is 5.69 Å². The van der Waals surface area contributed by atoms with Crippen LogP contribution in [0.2, 0.25) is 0 Å². The molecule has 170 valence electrons. The summed E-state index contributed by atoms with van der Waals surface area (Å²) >= 11 is 0. The van der Waals surface area contributed by atoms with E-state index in [1.807, 2.05) is 31.2 Å². The van der Waals surface area contributed by atoms with E-state index in [4.69, 9.17) is 0 Å². The third-order valence-corrected chi connectivity index (χ3v) is 6.39. The van der Waals surface area contributed by atoms with Crippen molar-refractivity contribution in [3.05, 3.63) is 42.1 Å². The normalized spacial score (nSPS) is 18.5. The van der Waals surface area contributed by atoms with E-state index in [-0.39, 0.29) is 22.9 Å². The number of halogens is 1. The molecule has 0 atom stereocenters. The van der Waals surface area contributed by atoms with Gasteiger partial charge in [0.15, 0.2) is 17.5 Å². The summed E-state index contributed by atoms with van der Waals surface area (Å²) in [6, 6.07) is 7.62. The summed E-state index contributed by atoms with van der Waals surface area (Å²) < 4.78 is 16.2. The molecule has 0 amide bonds. The second kappa shape index (κ2) is 8.09. The molecule has 1 fully saturated rings. The van der Waals surface area contributed by atoms with Crippen molar-refractivity contribution in [1.29, 1.82) is 0 Å². The number of anilines is 3. The lowest BCUT2D eigenvalue weighted by molar-refractivity contribution is -0.00778. The minimum Gasteiger partial charge on any atom is -0.365 e. The number of rotatable bonds is 5. The molecule has 1 aromatic carbocycles. The van der Waals surface area contributed by atoms with Gasteiger partial charge in [-0.25, -0.2) is 9.37 Å². The van der Waals surface area contributed by atoms with Crippen molar-refractivity contribution in [2.75, 3.05) is 17.7 Å². The Kier molecular flexibility index (Phi) is 5.58. The second-order valence-electron chi connectivity index (χ2n) is 9.63. The second-order valence-corrected chi connectivity index (χ2v) is 9.63. The highest BCUT2D eigenvalue weighted by Gasteiger charge is 2.43. The van der Waals surface area contributed by atoms with Crippen LogP contribution in [0.3, 0.4) is 0 Å². The highest BCUT2D eigenvalue weighted by Crippen LogP contribution is 2.38. The summed E-state index contributed by atoms with van der Waals surface area (Å²) in [6.45, 7) is 10.7. The van der Waals surface area contributed by atoms with Crippen molar-refractivity contribution in [2.45, 2.75) is 64.6 Å². The number of nitrogens with zero attached hydrogens (tertiary/aromatic N) is 7. The molecule has 3 heterocycles. The van der Waals surface area contributed by atoms with Gasteiger partial charge in [0.25, 0.3) is 0 Å². The lowest BCUT2D eigenvalue weighted by Crippen LogP contribution is -2.61. The molecule has 1 aliphatic rings. The zero-order chi connectivity index (χ0) is 23.1. The topological polar surface area (TPSA) is 96.7 Å². The van der Waals surface area contributed by atoms with Crippen LogP contribution >= 0.6 is 0 Å². The molecule has 32 heavy (non-hydrogen) atoms. The first-order valence-electron chi connectivity index (χ1n) is 10.7. The van der Waals surface area contributed by atoms with Crippen LogP contribution in [0, 0.1) is 12.7 Å². The lowest BCUT2D eigenvalue weighted by atomic mass is 9.77. The fraction of sp³-hybridized carbons (Fsp3) is 0.500. The largest absolute Gasteiger partial charge is 0.365 e. The summed E-state index contributed by atoms with van der Waals surface area (Å²) in [7, 11) is 2.15. The predicted molar refractivity (Wildman–Crippen MR) is 122 cm³/mol. The van der Waals surface area contributed by atoms with Gasteiger partial charge in [0.2, 0.25) is 5.95 Å². The SMILES string of the molecule is Cc1nnnn1-c1ccc(Nc2ncc(F)c(NC3CC(C)(C)N(C)C(C)(C)C3)n2)cc1. The zero-order valence-electron chi connectivity index (χ0n) is 19.4. The monoisotopic (exact) mass is 439 g/mol. The van der Waals surface area contributed by atoms with Crippen LogP contribution in [-0.2, 0) is 0 Å². The average Bonchev–Trinajstić information content (AvgIpc) is 3.15. The van der Waals surface area contributed by atoms with Crippen molar-refractivity contribution in [2.24, 2.45) is 0 Å². The smallest absolute Gasteiger partial charge is 0.229 e. The van der Waals surface area contributed by atoms with Crippen LogP contribution < -0.4 is 10.6 Å². The first-order valence-corrected chi connectivity index (χ1v) is 10.7. The van der Waals surface area contributed by atoms with E-state index in [1.165, 1.54) is 6.20 Å². The average molecular weight is 440 g/mol. The molecule has 3 aromatic rings. The minimum absolute atomic E-state index is 0.0102. The maximum absolute atomic E-state index is 14.5. The Balaban J connectivity index is 1.49. The van der Waals surface area contributed by atoms with Gasteiger partial charge in [-0.3, -0.25) is 4.90 Å². The Morgan fingerprint density at radius 2 is 1.72 bits per heavy atom. The maximum Gasteiger partial charge on any atom is 0.229 e. The fourth-order valence-corrected chi connectivity index (χ4v) is 4.48. The highest BCUT2D eigenvalue weighted by molar-refractivity contribution is 5.57. The van der Waals surface area contributed by atoms with E-state index in [0.29, 0.717) is 11.8 Å². The van der Waals surface area contributed by atoms with Crippen molar-refractivity contribution >= 4 is 17.5 Å². The number of aryl methyl sites for hydroxylation is 1. The lowest BCUT2D eigenvalue weighted by Gasteiger charge is -2.53. The van der Waals surface area contributed by atoms with Gasteiger partial charge in [0.1, 0.15) is 0 Å². The molecule has 9 nitrogen and oxygen atoms in total. The Labute approximate surface area is 187 Å². The Hall–Kier alpha value is -3.14. The number of benzene rings is 1. The quantitative estimate of drug-likeness (QED) is 0.621. The first kappa shape index (κ1) is 22.1. The van der Waals surface area contributed by atoms with Crippen molar-refractivity contribution < 1.29 is 4.39 Å². The van der Waals surface area contributed by atoms with Gasteiger partial charge in [-0.2, -0.15) is 9.67 Å². The van der Waals surface area contributed by atoms with Crippen LogP contribution in [0.5, 0.6) is 0 Å². The molecule has 10 heteroatoms. The fourth-order valence-electron chi connectivity index (χ4n) is 4.48. The molecular formula is C22H30FN9. The van der Waals surface area contributed by atoms with Gasteiger partial charge in [-0.15, -0.1) is 5.10 Å². The predicted octanol–water partition coefficient (Wildman–Crippen LogP) is 3.71. The van der Waals surface area contributed by atoms with E-state index < -0.39 is 5.82 Å². The van der Waals surface area contributed by atoms with Gasteiger partial charge < -0.3 is 10.6 Å². The molecule has 0 saturated carbocycles. The van der Waals surface area contributed by atoms with Gasteiger partial charge in [0, 0.05) is 22.8 Å².